The zero-order valence-corrected chi connectivity index (χ0v) is 24.1. The van der Waals surface area contributed by atoms with Crippen molar-refractivity contribution in [2.24, 2.45) is 7.05 Å². The van der Waals surface area contributed by atoms with E-state index in [-0.39, 0.29) is 0 Å². The van der Waals surface area contributed by atoms with Gasteiger partial charge in [-0.15, -0.1) is 10.2 Å². The first-order chi connectivity index (χ1) is 18.1. The summed E-state index contributed by atoms with van der Waals surface area (Å²) in [6, 6.07) is 38.8. The Kier molecular flexibility index (Phi) is 9.12. The van der Waals surface area contributed by atoms with Crippen molar-refractivity contribution in [2.75, 3.05) is 0 Å². The van der Waals surface area contributed by atoms with Gasteiger partial charge in [0.25, 0.3) is 0 Å². The van der Waals surface area contributed by atoms with Crippen molar-refractivity contribution in [1.29, 1.82) is 0 Å². The Morgan fingerprint density at radius 1 is 0.553 bits per heavy atom. The lowest BCUT2D eigenvalue weighted by Crippen LogP contribution is -2.68. The summed E-state index contributed by atoms with van der Waals surface area (Å²) >= 11 is 7.19. The quantitative estimate of drug-likeness (QED) is 0.274. The molecule has 192 valence electrons. The lowest BCUT2D eigenvalue weighted by Gasteiger charge is -2.17. The van der Waals surface area contributed by atoms with Gasteiger partial charge in [0.2, 0.25) is 5.69 Å². The molecule has 0 spiro atoms. The first-order valence-corrected chi connectivity index (χ1v) is 14.2. The van der Waals surface area contributed by atoms with Gasteiger partial charge >= 0.3 is 0 Å². The fourth-order valence-electron chi connectivity index (χ4n) is 4.21. The van der Waals surface area contributed by atoms with Crippen LogP contribution in [-0.2, 0) is 7.05 Å². The van der Waals surface area contributed by atoms with Crippen LogP contribution in [0.3, 0.4) is 0 Å². The lowest BCUT2D eigenvalue weighted by molar-refractivity contribution is -2.00. The maximum Gasteiger partial charge on any atom is 0.213 e. The van der Waals surface area contributed by atoms with Crippen molar-refractivity contribution < 1.29 is 33.4 Å². The van der Waals surface area contributed by atoms with Gasteiger partial charge in [0.1, 0.15) is 7.05 Å². The van der Waals surface area contributed by atoms with E-state index < -0.39 is 10.2 Å². The van der Waals surface area contributed by atoms with E-state index in [4.69, 9.17) is 18.6 Å². The van der Waals surface area contributed by atoms with Crippen molar-refractivity contribution in [1.82, 2.24) is 0 Å². The molecule has 0 radical (unpaired) electrons. The Labute approximate surface area is 240 Å². The molecule has 0 aliphatic carbocycles. The molecule has 5 nitrogen and oxygen atoms in total. The van der Waals surface area contributed by atoms with Crippen LogP contribution in [0.2, 0.25) is 0 Å². The minimum atomic E-state index is -4.94. The van der Waals surface area contributed by atoms with Gasteiger partial charge in [-0.05, 0) is 75.8 Å². The lowest BCUT2D eigenvalue weighted by atomic mass is 9.86. The second-order valence-electron chi connectivity index (χ2n) is 8.40. The summed E-state index contributed by atoms with van der Waals surface area (Å²) in [6.07, 6.45) is 2.11. The van der Waals surface area contributed by atoms with Gasteiger partial charge in [-0.25, -0.2) is 23.2 Å². The van der Waals surface area contributed by atoms with Gasteiger partial charge in [0.05, 0.1) is 5.56 Å². The van der Waals surface area contributed by atoms with E-state index in [0.717, 1.165) is 8.95 Å². The highest BCUT2D eigenvalue weighted by molar-refractivity contribution is 9.10. The second kappa shape index (κ2) is 12.3. The van der Waals surface area contributed by atoms with E-state index in [9.17, 15) is 0 Å². The zero-order chi connectivity index (χ0) is 27.3. The molecule has 0 saturated carbocycles. The largest absolute Gasteiger partial charge is 0.222 e. The minimum absolute atomic E-state index is 1.07. The third-order valence-electron chi connectivity index (χ3n) is 5.87. The number of hydrogen-bond acceptors (Lipinski definition) is 4. The minimum Gasteiger partial charge on any atom is -0.222 e. The van der Waals surface area contributed by atoms with Gasteiger partial charge in [0, 0.05) is 21.1 Å². The van der Waals surface area contributed by atoms with Crippen LogP contribution in [0.1, 0.15) is 0 Å². The molecule has 1 heterocycles. The van der Waals surface area contributed by atoms with Crippen molar-refractivity contribution in [3.8, 4) is 44.6 Å². The molecule has 0 bridgehead atoms. The van der Waals surface area contributed by atoms with Gasteiger partial charge < -0.3 is 0 Å². The monoisotopic (exact) mass is 653 g/mol. The number of rotatable bonds is 4. The molecule has 0 N–H and O–H groups in total. The molecule has 0 fully saturated rings. The Bertz CT molecular complexity index is 1450. The van der Waals surface area contributed by atoms with Crippen LogP contribution in [-0.4, -0.2) is 0 Å². The summed E-state index contributed by atoms with van der Waals surface area (Å²) in [6.45, 7) is 0. The van der Waals surface area contributed by atoms with Crippen LogP contribution in [0, 0.1) is 10.2 Å². The number of aromatic nitrogens is 1. The topological polar surface area (TPSA) is 96.1 Å². The average Bonchev–Trinajstić information content (AvgIpc) is 2.89. The Morgan fingerprint density at radius 2 is 1.00 bits per heavy atom. The predicted octanol–water partition coefficient (Wildman–Crippen LogP) is 3.95. The molecular formula is C30H22Br2ClNO4. The Morgan fingerprint density at radius 3 is 1.45 bits per heavy atom. The van der Waals surface area contributed by atoms with Crippen LogP contribution in [0.15, 0.2) is 124 Å². The summed E-state index contributed by atoms with van der Waals surface area (Å²) in [7, 11) is -2.84. The molecule has 1 aromatic heterocycles. The van der Waals surface area contributed by atoms with Crippen molar-refractivity contribution in [2.45, 2.75) is 0 Å². The summed E-state index contributed by atoms with van der Waals surface area (Å²) in [5.41, 5.74) is 9.61. The van der Waals surface area contributed by atoms with E-state index in [2.05, 4.69) is 159 Å². The zero-order valence-electron chi connectivity index (χ0n) is 20.2. The highest BCUT2D eigenvalue weighted by Crippen LogP contribution is 2.42. The Balaban J connectivity index is 0.000000617. The highest BCUT2D eigenvalue weighted by Gasteiger charge is 2.22. The van der Waals surface area contributed by atoms with E-state index in [0.29, 0.717) is 0 Å². The first-order valence-electron chi connectivity index (χ1n) is 11.4. The van der Waals surface area contributed by atoms with Crippen LogP contribution in [0.25, 0.3) is 44.6 Å². The fourth-order valence-corrected chi connectivity index (χ4v) is 4.74. The van der Waals surface area contributed by atoms with E-state index in [1.165, 1.54) is 44.6 Å². The molecule has 0 unspecified atom stereocenters. The normalized spacial score (nSPS) is 11.0. The summed E-state index contributed by atoms with van der Waals surface area (Å²) in [5, 5.41) is 0. The maximum atomic E-state index is 8.49. The Hall–Kier alpha value is -2.88. The van der Waals surface area contributed by atoms with Crippen LogP contribution < -0.4 is 23.2 Å². The van der Waals surface area contributed by atoms with E-state index in [1.54, 1.807) is 0 Å². The average molecular weight is 656 g/mol. The third-order valence-corrected chi connectivity index (χ3v) is 6.92. The van der Waals surface area contributed by atoms with Gasteiger partial charge in [-0.3, -0.25) is 0 Å². The first kappa shape index (κ1) is 28.1. The highest BCUT2D eigenvalue weighted by atomic mass is 79.9. The molecule has 0 amide bonds. The second-order valence-corrected chi connectivity index (χ2v) is 11.0. The van der Waals surface area contributed by atoms with E-state index in [1.807, 2.05) is 0 Å². The van der Waals surface area contributed by atoms with Gasteiger partial charge in [0.15, 0.2) is 6.20 Å². The van der Waals surface area contributed by atoms with Crippen LogP contribution >= 0.6 is 31.9 Å². The number of benzene rings is 4. The smallest absolute Gasteiger partial charge is 0.213 e. The van der Waals surface area contributed by atoms with Crippen molar-refractivity contribution in [3.63, 3.8) is 0 Å². The molecule has 0 saturated heterocycles. The number of halogens is 3. The van der Waals surface area contributed by atoms with Gasteiger partial charge in [-0.1, -0.05) is 86.5 Å². The molecular weight excluding hydrogens is 634 g/mol. The van der Waals surface area contributed by atoms with Crippen molar-refractivity contribution in [3.05, 3.63) is 124 Å². The predicted molar refractivity (Wildman–Crippen MR) is 145 cm³/mol. The standard InChI is InChI=1S/C30H22Br2N.ClHO4/c1-33-18-6-5-9-29(33)30-27(22-10-14-25(31)15-11-22)19-24(21-7-3-2-4-8-21)20-28(30)23-12-16-26(32)17-13-23;2-1(3,4)5/h2-20H,1H3;(H,2,3,4,5)/q+1;/p-1. The number of aryl methyl sites for hydroxylation is 1. The van der Waals surface area contributed by atoms with Crippen LogP contribution in [0.5, 0.6) is 0 Å². The summed E-state index contributed by atoms with van der Waals surface area (Å²) in [4.78, 5) is 0. The number of pyridine rings is 1. The molecule has 0 aliphatic rings. The van der Waals surface area contributed by atoms with Crippen molar-refractivity contribution >= 4 is 31.9 Å². The summed E-state index contributed by atoms with van der Waals surface area (Å²) in [5.74, 6) is 0. The molecule has 5 aromatic rings. The molecule has 0 atom stereocenters. The van der Waals surface area contributed by atoms with E-state index >= 15 is 0 Å². The maximum absolute atomic E-state index is 8.49. The SMILES string of the molecule is C[n+]1ccccc1-c1c(-c2ccc(Br)cc2)cc(-c2ccccc2)cc1-c1ccc(Br)cc1.[O-][Cl+3]([O-])([O-])[O-]. The summed E-state index contributed by atoms with van der Waals surface area (Å²) < 4.78 is 38.3. The molecule has 5 rings (SSSR count). The molecule has 8 heteroatoms. The van der Waals surface area contributed by atoms with Crippen LogP contribution in [0.4, 0.5) is 0 Å². The van der Waals surface area contributed by atoms with Gasteiger partial charge in [-0.2, -0.15) is 0 Å². The number of hydrogen-bond donors (Lipinski definition) is 0. The molecule has 0 aliphatic heterocycles. The third kappa shape index (κ3) is 7.36. The number of nitrogens with zero attached hydrogens (tertiary/aromatic N) is 1. The molecule has 4 aromatic carbocycles. The molecule has 38 heavy (non-hydrogen) atoms. The fraction of sp³-hybridized carbons (Fsp3) is 0.0333.